The molecule has 2 fully saturated rings. The van der Waals surface area contributed by atoms with Crippen molar-refractivity contribution >= 4 is 23.2 Å². The number of nitrogen functional groups attached to an aromatic ring is 1. The molecular weight excluding hydrogens is 362 g/mol. The van der Waals surface area contributed by atoms with E-state index in [4.69, 9.17) is 5.73 Å². The number of nitrogens with two attached hydrogens (primary N) is 1. The Morgan fingerprint density at radius 2 is 1.96 bits per heavy atom. The van der Waals surface area contributed by atoms with Gasteiger partial charge in [0.2, 0.25) is 0 Å². The maximum Gasteiger partial charge on any atom is 0.276 e. The van der Waals surface area contributed by atoms with E-state index >= 15 is 0 Å². The standard InChI is InChI=1S/C18H21N7O3/c1-9-4-12(22-14-5-13(19)20-8-21-14)17(27)24-15(9)16(26)23-18(24)6-10-2-3-11(7-18)25(10)28/h4-5,8,10-11,28H,2-3,6-7H2,1H3,(H,23,26)(H3,19,20,21,22). The third-order valence-electron chi connectivity index (χ3n) is 6.06. The second-order valence-electron chi connectivity index (χ2n) is 7.84. The molecule has 2 bridgehead atoms. The molecule has 0 radical (unpaired) electrons. The largest absolute Gasteiger partial charge is 0.384 e. The first kappa shape index (κ1) is 17.1. The Labute approximate surface area is 160 Å². The second-order valence-corrected chi connectivity index (χ2v) is 7.84. The van der Waals surface area contributed by atoms with Crippen LogP contribution in [0.3, 0.4) is 0 Å². The van der Waals surface area contributed by atoms with Gasteiger partial charge in [0.1, 0.15) is 35.0 Å². The molecule has 3 aliphatic rings. The Hall–Kier alpha value is -2.98. The summed E-state index contributed by atoms with van der Waals surface area (Å²) in [5.74, 6) is 0.440. The average Bonchev–Trinajstić information content (AvgIpc) is 3.02. The molecule has 5 N–H and O–H groups in total. The topological polar surface area (TPSA) is 138 Å². The SMILES string of the molecule is Cc1cc(Nc2cc(N)ncn2)c(=O)n2c1C(=O)NC21CC2CCC(C1)N2O. The first-order valence-electron chi connectivity index (χ1n) is 9.29. The predicted molar refractivity (Wildman–Crippen MR) is 100 cm³/mol. The summed E-state index contributed by atoms with van der Waals surface area (Å²) in [4.78, 5) is 34.1. The van der Waals surface area contributed by atoms with Crippen LogP contribution in [0.25, 0.3) is 0 Å². The van der Waals surface area contributed by atoms with Crippen molar-refractivity contribution in [3.63, 3.8) is 0 Å². The molecule has 1 spiro atoms. The Kier molecular flexibility index (Phi) is 3.52. The molecule has 2 aromatic rings. The first-order chi connectivity index (χ1) is 13.4. The maximum absolute atomic E-state index is 13.4. The number of hydrogen-bond acceptors (Lipinski definition) is 8. The molecule has 28 heavy (non-hydrogen) atoms. The van der Waals surface area contributed by atoms with Gasteiger partial charge in [-0.15, -0.1) is 0 Å². The average molecular weight is 383 g/mol. The number of aromatic nitrogens is 3. The van der Waals surface area contributed by atoms with Gasteiger partial charge in [-0.1, -0.05) is 0 Å². The van der Waals surface area contributed by atoms with Crippen molar-refractivity contribution < 1.29 is 10.0 Å². The fourth-order valence-corrected chi connectivity index (χ4v) is 4.91. The van der Waals surface area contributed by atoms with Crippen molar-refractivity contribution in [2.45, 2.75) is 50.4 Å². The van der Waals surface area contributed by atoms with Crippen LogP contribution in [-0.2, 0) is 5.66 Å². The maximum atomic E-state index is 13.4. The summed E-state index contributed by atoms with van der Waals surface area (Å²) >= 11 is 0. The van der Waals surface area contributed by atoms with Gasteiger partial charge in [0.15, 0.2) is 0 Å². The van der Waals surface area contributed by atoms with Gasteiger partial charge in [-0.3, -0.25) is 14.2 Å². The van der Waals surface area contributed by atoms with Crippen LogP contribution >= 0.6 is 0 Å². The molecule has 1 amide bonds. The smallest absolute Gasteiger partial charge is 0.276 e. The number of amides is 1. The number of carbonyl (C=O) groups excluding carboxylic acids is 1. The van der Waals surface area contributed by atoms with Crippen LogP contribution in [0.15, 0.2) is 23.3 Å². The molecule has 2 saturated heterocycles. The van der Waals surface area contributed by atoms with Crippen LogP contribution in [-0.4, -0.2) is 42.8 Å². The number of aryl methyl sites for hydroxylation is 1. The Balaban J connectivity index is 1.63. The number of hydroxylamine groups is 2. The summed E-state index contributed by atoms with van der Waals surface area (Å²) in [6.07, 6.45) is 3.99. The molecule has 146 valence electrons. The quantitative estimate of drug-likeness (QED) is 0.594. The summed E-state index contributed by atoms with van der Waals surface area (Å²) in [6.45, 7) is 1.80. The lowest BCUT2D eigenvalue weighted by Gasteiger charge is -2.42. The zero-order valence-corrected chi connectivity index (χ0v) is 15.3. The molecule has 2 atom stereocenters. The third-order valence-corrected chi connectivity index (χ3v) is 6.06. The summed E-state index contributed by atoms with van der Waals surface area (Å²) < 4.78 is 1.58. The molecule has 5 heterocycles. The van der Waals surface area contributed by atoms with E-state index in [1.165, 1.54) is 17.5 Å². The van der Waals surface area contributed by atoms with E-state index in [1.54, 1.807) is 17.6 Å². The van der Waals surface area contributed by atoms with Crippen molar-refractivity contribution in [3.05, 3.63) is 40.1 Å². The summed E-state index contributed by atoms with van der Waals surface area (Å²) in [6, 6.07) is 3.04. The summed E-state index contributed by atoms with van der Waals surface area (Å²) in [7, 11) is 0. The minimum Gasteiger partial charge on any atom is -0.384 e. The first-order valence-corrected chi connectivity index (χ1v) is 9.29. The van der Waals surface area contributed by atoms with Gasteiger partial charge in [0.05, 0.1) is 0 Å². The number of hydrogen-bond donors (Lipinski definition) is 4. The fourth-order valence-electron chi connectivity index (χ4n) is 4.91. The van der Waals surface area contributed by atoms with E-state index in [0.717, 1.165) is 12.8 Å². The van der Waals surface area contributed by atoms with Gasteiger partial charge in [-0.05, 0) is 31.4 Å². The molecule has 2 aromatic heterocycles. The summed E-state index contributed by atoms with van der Waals surface area (Å²) in [5.41, 5.74) is 5.96. The van der Waals surface area contributed by atoms with E-state index in [-0.39, 0.29) is 29.4 Å². The van der Waals surface area contributed by atoms with E-state index in [0.29, 0.717) is 35.6 Å². The van der Waals surface area contributed by atoms with Gasteiger partial charge < -0.3 is 21.6 Å². The monoisotopic (exact) mass is 383 g/mol. The highest BCUT2D eigenvalue weighted by atomic mass is 16.5. The van der Waals surface area contributed by atoms with Crippen molar-refractivity contribution in [1.82, 2.24) is 24.9 Å². The van der Waals surface area contributed by atoms with Crippen LogP contribution in [0, 0.1) is 6.92 Å². The molecule has 5 rings (SSSR count). The predicted octanol–water partition coefficient (Wildman–Crippen LogP) is 0.685. The Morgan fingerprint density at radius 1 is 1.25 bits per heavy atom. The normalized spacial score (nSPS) is 28.4. The fraction of sp³-hybridized carbons (Fsp3) is 0.444. The third kappa shape index (κ3) is 2.34. The number of nitrogens with zero attached hydrogens (tertiary/aromatic N) is 4. The molecular formula is C18H21N7O3. The number of pyridine rings is 1. The zero-order chi connectivity index (χ0) is 19.6. The Bertz CT molecular complexity index is 1040. The second kappa shape index (κ2) is 5.76. The van der Waals surface area contributed by atoms with Gasteiger partial charge in [0, 0.05) is 31.0 Å². The highest BCUT2D eigenvalue weighted by Gasteiger charge is 2.54. The number of anilines is 3. The highest BCUT2D eigenvalue weighted by Crippen LogP contribution is 2.44. The van der Waals surface area contributed by atoms with E-state index in [1.807, 2.05) is 0 Å². The van der Waals surface area contributed by atoms with E-state index in [2.05, 4.69) is 20.6 Å². The van der Waals surface area contributed by atoms with Crippen LogP contribution < -0.4 is 21.9 Å². The minimum atomic E-state index is -0.818. The van der Waals surface area contributed by atoms with Crippen LogP contribution in [0.1, 0.15) is 41.7 Å². The number of rotatable bonds is 2. The molecule has 0 aliphatic carbocycles. The number of nitrogens with one attached hydrogen (secondary N) is 2. The van der Waals surface area contributed by atoms with Crippen LogP contribution in [0.5, 0.6) is 0 Å². The molecule has 0 saturated carbocycles. The van der Waals surface area contributed by atoms with Crippen molar-refractivity contribution in [2.24, 2.45) is 0 Å². The van der Waals surface area contributed by atoms with Crippen molar-refractivity contribution in [1.29, 1.82) is 0 Å². The molecule has 3 aliphatic heterocycles. The van der Waals surface area contributed by atoms with Gasteiger partial charge in [-0.25, -0.2) is 9.97 Å². The van der Waals surface area contributed by atoms with E-state index < -0.39 is 5.66 Å². The highest BCUT2D eigenvalue weighted by molar-refractivity contribution is 5.97. The molecule has 10 nitrogen and oxygen atoms in total. The lowest BCUT2D eigenvalue weighted by atomic mass is 9.92. The molecule has 2 unspecified atom stereocenters. The zero-order valence-electron chi connectivity index (χ0n) is 15.3. The van der Waals surface area contributed by atoms with Crippen molar-refractivity contribution in [2.75, 3.05) is 11.1 Å². The molecule has 0 aromatic carbocycles. The number of carbonyl (C=O) groups is 1. The van der Waals surface area contributed by atoms with E-state index in [9.17, 15) is 14.8 Å². The lowest BCUT2D eigenvalue weighted by Crippen LogP contribution is -2.57. The minimum absolute atomic E-state index is 0.0736. The van der Waals surface area contributed by atoms with Gasteiger partial charge >= 0.3 is 0 Å². The van der Waals surface area contributed by atoms with Crippen molar-refractivity contribution in [3.8, 4) is 0 Å². The summed E-state index contributed by atoms with van der Waals surface area (Å²) in [5, 5.41) is 17.7. The molecule has 10 heteroatoms. The van der Waals surface area contributed by atoms with Crippen LogP contribution in [0.4, 0.5) is 17.3 Å². The lowest BCUT2D eigenvalue weighted by molar-refractivity contribution is -0.171. The van der Waals surface area contributed by atoms with Crippen LogP contribution in [0.2, 0.25) is 0 Å². The number of fused-ring (bicyclic) bond motifs is 4. The van der Waals surface area contributed by atoms with Gasteiger partial charge in [0.25, 0.3) is 11.5 Å². The van der Waals surface area contributed by atoms with Gasteiger partial charge in [-0.2, -0.15) is 5.06 Å². The number of piperidine rings is 1. The Morgan fingerprint density at radius 3 is 2.64 bits per heavy atom.